The van der Waals surface area contributed by atoms with E-state index in [1.807, 2.05) is 20.8 Å². The standard InChI is InChI=1S/C15H29N3O3/c1-15(2,3)21-14(20)18-11-13(12-18)17-8-6-16(7-9-17)5-4-10-19/h13,19H,4-12H2,1-3H3. The van der Waals surface area contributed by atoms with E-state index in [1.165, 1.54) is 0 Å². The van der Waals surface area contributed by atoms with Gasteiger partial charge in [-0.3, -0.25) is 4.90 Å². The molecule has 0 spiro atoms. The monoisotopic (exact) mass is 299 g/mol. The van der Waals surface area contributed by atoms with Gasteiger partial charge in [0.2, 0.25) is 0 Å². The van der Waals surface area contributed by atoms with Crippen LogP contribution in [-0.2, 0) is 4.74 Å². The summed E-state index contributed by atoms with van der Waals surface area (Å²) >= 11 is 0. The number of hydrogen-bond donors (Lipinski definition) is 1. The molecule has 0 bridgehead atoms. The molecule has 0 aromatic rings. The molecule has 2 aliphatic heterocycles. The lowest BCUT2D eigenvalue weighted by atomic mass is 10.1. The number of carbonyl (C=O) groups excluding carboxylic acids is 1. The van der Waals surface area contributed by atoms with Crippen LogP contribution in [0.25, 0.3) is 0 Å². The summed E-state index contributed by atoms with van der Waals surface area (Å²) in [5, 5.41) is 8.86. The van der Waals surface area contributed by atoms with Crippen molar-refractivity contribution in [3.8, 4) is 0 Å². The van der Waals surface area contributed by atoms with Crippen molar-refractivity contribution < 1.29 is 14.6 Å². The van der Waals surface area contributed by atoms with Gasteiger partial charge in [0.1, 0.15) is 5.60 Å². The molecule has 0 aromatic carbocycles. The van der Waals surface area contributed by atoms with E-state index in [-0.39, 0.29) is 12.7 Å². The second-order valence-corrected chi connectivity index (χ2v) is 6.99. The maximum Gasteiger partial charge on any atom is 0.410 e. The van der Waals surface area contributed by atoms with Gasteiger partial charge >= 0.3 is 6.09 Å². The Morgan fingerprint density at radius 3 is 2.33 bits per heavy atom. The van der Waals surface area contributed by atoms with Crippen molar-refractivity contribution in [2.45, 2.75) is 38.8 Å². The van der Waals surface area contributed by atoms with E-state index in [0.717, 1.165) is 52.2 Å². The molecule has 0 aliphatic carbocycles. The van der Waals surface area contributed by atoms with Crippen LogP contribution in [0.1, 0.15) is 27.2 Å². The number of hydrogen-bond acceptors (Lipinski definition) is 5. The van der Waals surface area contributed by atoms with Gasteiger partial charge in [-0.05, 0) is 27.2 Å². The molecule has 21 heavy (non-hydrogen) atoms. The first kappa shape index (κ1) is 16.5. The highest BCUT2D eigenvalue weighted by atomic mass is 16.6. The first-order chi connectivity index (χ1) is 9.89. The average Bonchev–Trinajstić information content (AvgIpc) is 2.34. The fourth-order valence-corrected chi connectivity index (χ4v) is 2.81. The van der Waals surface area contributed by atoms with Gasteiger partial charge in [-0.15, -0.1) is 0 Å². The minimum atomic E-state index is -0.416. The molecule has 1 amide bonds. The molecule has 0 unspecified atom stereocenters. The second kappa shape index (κ2) is 6.94. The summed E-state index contributed by atoms with van der Waals surface area (Å²) in [6.07, 6.45) is 0.663. The van der Waals surface area contributed by atoms with Crippen molar-refractivity contribution in [2.24, 2.45) is 0 Å². The Morgan fingerprint density at radius 1 is 1.19 bits per heavy atom. The molecule has 2 rings (SSSR count). The highest BCUT2D eigenvalue weighted by Crippen LogP contribution is 2.20. The van der Waals surface area contributed by atoms with Crippen LogP contribution in [0.5, 0.6) is 0 Å². The lowest BCUT2D eigenvalue weighted by molar-refractivity contribution is -0.0249. The number of ether oxygens (including phenoxy) is 1. The molecule has 6 nitrogen and oxygen atoms in total. The molecule has 2 saturated heterocycles. The van der Waals surface area contributed by atoms with Crippen LogP contribution in [0.2, 0.25) is 0 Å². The lowest BCUT2D eigenvalue weighted by Crippen LogP contribution is -2.64. The predicted molar refractivity (Wildman–Crippen MR) is 81.3 cm³/mol. The number of aliphatic hydroxyl groups excluding tert-OH is 1. The van der Waals surface area contributed by atoms with E-state index in [2.05, 4.69) is 9.80 Å². The third-order valence-corrected chi connectivity index (χ3v) is 4.07. The molecule has 0 aromatic heterocycles. The third-order valence-electron chi connectivity index (χ3n) is 4.07. The number of nitrogens with zero attached hydrogens (tertiary/aromatic N) is 3. The van der Waals surface area contributed by atoms with Gasteiger partial charge in [0.15, 0.2) is 0 Å². The van der Waals surface area contributed by atoms with E-state index in [0.29, 0.717) is 6.04 Å². The van der Waals surface area contributed by atoms with Gasteiger partial charge in [0, 0.05) is 58.5 Å². The quantitative estimate of drug-likeness (QED) is 0.824. The molecule has 2 fully saturated rings. The Hall–Kier alpha value is -0.850. The zero-order valence-corrected chi connectivity index (χ0v) is 13.5. The number of rotatable bonds is 4. The molecule has 0 radical (unpaired) electrons. The Balaban J connectivity index is 1.65. The molecule has 2 heterocycles. The SMILES string of the molecule is CC(C)(C)OC(=O)N1CC(N2CCN(CCCO)CC2)C1. The van der Waals surface area contributed by atoms with Crippen LogP contribution in [0, 0.1) is 0 Å². The maximum absolute atomic E-state index is 11.9. The number of amides is 1. The second-order valence-electron chi connectivity index (χ2n) is 6.99. The van der Waals surface area contributed by atoms with Gasteiger partial charge in [-0.2, -0.15) is 0 Å². The van der Waals surface area contributed by atoms with Crippen LogP contribution in [0.15, 0.2) is 0 Å². The molecule has 0 saturated carbocycles. The largest absolute Gasteiger partial charge is 0.444 e. The van der Waals surface area contributed by atoms with Crippen molar-refractivity contribution in [3.05, 3.63) is 0 Å². The van der Waals surface area contributed by atoms with Crippen molar-refractivity contribution in [2.75, 3.05) is 52.4 Å². The van der Waals surface area contributed by atoms with Crippen LogP contribution >= 0.6 is 0 Å². The smallest absolute Gasteiger partial charge is 0.410 e. The van der Waals surface area contributed by atoms with E-state index in [4.69, 9.17) is 9.84 Å². The molecular formula is C15H29N3O3. The predicted octanol–water partition coefficient (Wildman–Crippen LogP) is 0.606. The minimum Gasteiger partial charge on any atom is -0.444 e. The molecular weight excluding hydrogens is 270 g/mol. The van der Waals surface area contributed by atoms with Gasteiger partial charge in [-0.25, -0.2) is 4.79 Å². The Bertz CT molecular complexity index is 343. The van der Waals surface area contributed by atoms with Crippen LogP contribution in [-0.4, -0.2) is 90.0 Å². The van der Waals surface area contributed by atoms with E-state index < -0.39 is 5.60 Å². The summed E-state index contributed by atoms with van der Waals surface area (Å²) in [5.41, 5.74) is -0.416. The van der Waals surface area contributed by atoms with Gasteiger partial charge in [0.25, 0.3) is 0 Å². The fourth-order valence-electron chi connectivity index (χ4n) is 2.81. The number of aliphatic hydroxyl groups is 1. The maximum atomic E-state index is 11.9. The zero-order valence-electron chi connectivity index (χ0n) is 13.5. The highest BCUT2D eigenvalue weighted by molar-refractivity contribution is 5.69. The third kappa shape index (κ3) is 4.83. The van der Waals surface area contributed by atoms with Crippen molar-refractivity contribution >= 4 is 6.09 Å². The van der Waals surface area contributed by atoms with Crippen molar-refractivity contribution in [1.29, 1.82) is 0 Å². The average molecular weight is 299 g/mol. The Kier molecular flexibility index (Phi) is 5.46. The summed E-state index contributed by atoms with van der Waals surface area (Å²) in [7, 11) is 0. The van der Waals surface area contributed by atoms with Gasteiger partial charge < -0.3 is 19.6 Å². The number of likely N-dealkylation sites (tertiary alicyclic amines) is 1. The van der Waals surface area contributed by atoms with Crippen molar-refractivity contribution in [1.82, 2.24) is 14.7 Å². The summed E-state index contributed by atoms with van der Waals surface area (Å²) in [4.78, 5) is 18.5. The fraction of sp³-hybridized carbons (Fsp3) is 0.933. The summed E-state index contributed by atoms with van der Waals surface area (Å²) in [6, 6.07) is 0.484. The van der Waals surface area contributed by atoms with Gasteiger partial charge in [0.05, 0.1) is 0 Å². The van der Waals surface area contributed by atoms with Crippen LogP contribution < -0.4 is 0 Å². The van der Waals surface area contributed by atoms with Crippen molar-refractivity contribution in [3.63, 3.8) is 0 Å². The number of carbonyl (C=O) groups is 1. The highest BCUT2D eigenvalue weighted by Gasteiger charge is 2.37. The van der Waals surface area contributed by atoms with E-state index in [9.17, 15) is 4.79 Å². The van der Waals surface area contributed by atoms with E-state index >= 15 is 0 Å². The topological polar surface area (TPSA) is 56.2 Å². The Morgan fingerprint density at radius 2 is 1.81 bits per heavy atom. The summed E-state index contributed by atoms with van der Waals surface area (Å²) in [5.74, 6) is 0. The summed E-state index contributed by atoms with van der Waals surface area (Å²) < 4.78 is 5.38. The lowest BCUT2D eigenvalue weighted by Gasteiger charge is -2.48. The number of piperazine rings is 1. The molecule has 6 heteroatoms. The first-order valence-corrected chi connectivity index (χ1v) is 7.94. The zero-order chi connectivity index (χ0) is 15.5. The van der Waals surface area contributed by atoms with Gasteiger partial charge in [-0.1, -0.05) is 0 Å². The van der Waals surface area contributed by atoms with E-state index in [1.54, 1.807) is 4.90 Å². The molecule has 1 N–H and O–H groups in total. The van der Waals surface area contributed by atoms with Crippen LogP contribution in [0.3, 0.4) is 0 Å². The van der Waals surface area contributed by atoms with Crippen LogP contribution in [0.4, 0.5) is 4.79 Å². The molecule has 0 atom stereocenters. The molecule has 122 valence electrons. The first-order valence-electron chi connectivity index (χ1n) is 7.94. The molecule has 2 aliphatic rings. The summed E-state index contributed by atoms with van der Waals surface area (Å²) in [6.45, 7) is 12.7. The Labute approximate surface area is 127 Å². The minimum absolute atomic E-state index is 0.194. The normalized spacial score (nSPS) is 22.2.